The molecule has 0 aliphatic heterocycles. The summed E-state index contributed by atoms with van der Waals surface area (Å²) in [6.07, 6.45) is 0.726. The molecule has 0 fully saturated rings. The summed E-state index contributed by atoms with van der Waals surface area (Å²) in [6.45, 7) is 9.69. The summed E-state index contributed by atoms with van der Waals surface area (Å²) < 4.78 is 13.2. The van der Waals surface area contributed by atoms with Gasteiger partial charge in [0.15, 0.2) is 0 Å². The van der Waals surface area contributed by atoms with Crippen LogP contribution >= 0.6 is 11.3 Å². The average molecular weight is 449 g/mol. The van der Waals surface area contributed by atoms with E-state index in [-0.39, 0.29) is 5.56 Å². The van der Waals surface area contributed by atoms with Gasteiger partial charge in [-0.2, -0.15) is 0 Å². The molecule has 0 amide bonds. The van der Waals surface area contributed by atoms with Crippen molar-refractivity contribution in [1.29, 1.82) is 0 Å². The summed E-state index contributed by atoms with van der Waals surface area (Å²) in [4.78, 5) is 20.1. The molecule has 0 bridgehead atoms. The van der Waals surface area contributed by atoms with Crippen LogP contribution in [0, 0.1) is 20.8 Å². The van der Waals surface area contributed by atoms with E-state index < -0.39 is 0 Å². The van der Waals surface area contributed by atoms with E-state index in [4.69, 9.17) is 14.5 Å². The summed E-state index contributed by atoms with van der Waals surface area (Å²) in [5.74, 6) is 2.42. The number of fused-ring (bicyclic) bond motifs is 1. The Bertz CT molecular complexity index is 1290. The second-order valence-electron chi connectivity index (χ2n) is 7.81. The van der Waals surface area contributed by atoms with Gasteiger partial charge in [-0.25, -0.2) is 4.98 Å². The van der Waals surface area contributed by atoms with Crippen molar-refractivity contribution in [2.24, 2.45) is 0 Å². The average Bonchev–Trinajstić information content (AvgIpc) is 3.09. The number of rotatable bonds is 8. The predicted molar refractivity (Wildman–Crippen MR) is 131 cm³/mol. The van der Waals surface area contributed by atoms with Crippen molar-refractivity contribution in [2.45, 2.75) is 40.7 Å². The van der Waals surface area contributed by atoms with Crippen molar-refractivity contribution in [3.63, 3.8) is 0 Å². The monoisotopic (exact) mass is 448 g/mol. The van der Waals surface area contributed by atoms with Crippen LogP contribution in [0.15, 0.2) is 53.3 Å². The number of hydrogen-bond donors (Lipinski definition) is 0. The Hall–Kier alpha value is -3.12. The molecule has 0 saturated heterocycles. The number of ether oxygens (including phenoxy) is 2. The number of aromatic nitrogens is 2. The minimum absolute atomic E-state index is 0.0105. The van der Waals surface area contributed by atoms with Crippen LogP contribution in [0.4, 0.5) is 0 Å². The van der Waals surface area contributed by atoms with Crippen molar-refractivity contribution < 1.29 is 9.47 Å². The Labute approximate surface area is 192 Å². The normalized spacial score (nSPS) is 11.1. The van der Waals surface area contributed by atoms with Gasteiger partial charge < -0.3 is 9.47 Å². The number of nitrogens with zero attached hydrogens (tertiary/aromatic N) is 2. The molecule has 4 rings (SSSR count). The van der Waals surface area contributed by atoms with Crippen molar-refractivity contribution >= 4 is 21.6 Å². The molecular weight excluding hydrogens is 420 g/mol. The maximum atomic E-state index is 13.5. The van der Waals surface area contributed by atoms with E-state index in [0.717, 1.165) is 44.6 Å². The van der Waals surface area contributed by atoms with Crippen LogP contribution in [0.3, 0.4) is 0 Å². The summed E-state index contributed by atoms with van der Waals surface area (Å²) in [6, 6.07) is 15.9. The van der Waals surface area contributed by atoms with E-state index in [1.807, 2.05) is 76.2 Å². The Kier molecular flexibility index (Phi) is 6.61. The topological polar surface area (TPSA) is 53.4 Å². The number of benzene rings is 2. The molecular formula is C26H28N2O3S. The van der Waals surface area contributed by atoms with Crippen molar-refractivity contribution in [1.82, 2.24) is 9.55 Å². The first kappa shape index (κ1) is 22.1. The minimum atomic E-state index is 0.0105. The molecule has 5 nitrogen and oxygen atoms in total. The first-order chi connectivity index (χ1) is 15.5. The lowest BCUT2D eigenvalue weighted by Gasteiger charge is -2.11. The zero-order chi connectivity index (χ0) is 22.7. The molecule has 0 unspecified atom stereocenters. The van der Waals surface area contributed by atoms with E-state index in [0.29, 0.717) is 25.1 Å². The third-order valence-electron chi connectivity index (χ3n) is 5.42. The van der Waals surface area contributed by atoms with Gasteiger partial charge in [-0.05, 0) is 69.5 Å². The maximum absolute atomic E-state index is 13.5. The van der Waals surface area contributed by atoms with E-state index in [1.54, 1.807) is 15.9 Å². The Morgan fingerprint density at radius 1 is 1.00 bits per heavy atom. The smallest absolute Gasteiger partial charge is 0.262 e. The Morgan fingerprint density at radius 3 is 2.50 bits per heavy atom. The molecule has 0 aliphatic rings. The van der Waals surface area contributed by atoms with Crippen LogP contribution in [-0.4, -0.2) is 22.8 Å². The van der Waals surface area contributed by atoms with Crippen LogP contribution in [0.1, 0.15) is 29.6 Å². The fourth-order valence-electron chi connectivity index (χ4n) is 3.91. The molecule has 2 aromatic heterocycles. The lowest BCUT2D eigenvalue weighted by Crippen LogP contribution is -2.24. The minimum Gasteiger partial charge on any atom is -0.494 e. The highest BCUT2D eigenvalue weighted by molar-refractivity contribution is 7.19. The first-order valence-corrected chi connectivity index (χ1v) is 11.7. The molecule has 2 heterocycles. The van der Waals surface area contributed by atoms with E-state index in [2.05, 4.69) is 0 Å². The van der Waals surface area contributed by atoms with Crippen LogP contribution in [0.5, 0.6) is 11.5 Å². The van der Waals surface area contributed by atoms with Gasteiger partial charge in [0.2, 0.25) is 0 Å². The van der Waals surface area contributed by atoms with E-state index >= 15 is 0 Å². The fourth-order valence-corrected chi connectivity index (χ4v) is 4.99. The van der Waals surface area contributed by atoms with E-state index in [1.165, 1.54) is 5.56 Å². The van der Waals surface area contributed by atoms with Gasteiger partial charge in [0, 0.05) is 17.0 Å². The van der Waals surface area contributed by atoms with Gasteiger partial charge in [-0.15, -0.1) is 11.3 Å². The number of thiophene rings is 1. The zero-order valence-electron chi connectivity index (χ0n) is 19.0. The van der Waals surface area contributed by atoms with Crippen LogP contribution < -0.4 is 15.0 Å². The molecule has 0 N–H and O–H groups in total. The summed E-state index contributed by atoms with van der Waals surface area (Å²) >= 11 is 1.57. The molecule has 6 heteroatoms. The first-order valence-electron chi connectivity index (χ1n) is 10.9. The fraction of sp³-hybridized carbons (Fsp3) is 0.308. The quantitative estimate of drug-likeness (QED) is 0.314. The Morgan fingerprint density at radius 2 is 1.78 bits per heavy atom. The van der Waals surface area contributed by atoms with Gasteiger partial charge in [0.25, 0.3) is 5.56 Å². The largest absolute Gasteiger partial charge is 0.494 e. The number of hydrogen-bond acceptors (Lipinski definition) is 5. The van der Waals surface area contributed by atoms with Crippen LogP contribution in [0.25, 0.3) is 21.3 Å². The van der Waals surface area contributed by atoms with Crippen molar-refractivity contribution in [3.05, 3.63) is 75.1 Å². The van der Waals surface area contributed by atoms with Gasteiger partial charge in [0.05, 0.1) is 18.6 Å². The van der Waals surface area contributed by atoms with Crippen LogP contribution in [-0.2, 0) is 6.54 Å². The highest BCUT2D eigenvalue weighted by Gasteiger charge is 2.18. The van der Waals surface area contributed by atoms with Crippen molar-refractivity contribution in [3.8, 4) is 22.6 Å². The molecule has 0 aliphatic carbocycles. The third kappa shape index (κ3) is 4.55. The highest BCUT2D eigenvalue weighted by Crippen LogP contribution is 2.36. The second kappa shape index (κ2) is 9.57. The van der Waals surface area contributed by atoms with Crippen LogP contribution in [0.2, 0.25) is 0 Å². The predicted octanol–water partition coefficient (Wildman–Crippen LogP) is 5.92. The number of aryl methyl sites for hydroxylation is 3. The molecule has 166 valence electrons. The van der Waals surface area contributed by atoms with Gasteiger partial charge in [0.1, 0.15) is 22.2 Å². The van der Waals surface area contributed by atoms with E-state index in [9.17, 15) is 4.79 Å². The standard InChI is InChI=1S/C26H28N2O3S/c1-5-30-21-12-10-20(11-13-21)23-18(3)32-25-24(23)26(29)28(19(4)27-25)14-7-15-31-22-9-6-8-17(2)16-22/h6,8-13,16H,5,7,14-15H2,1-4H3. The lowest BCUT2D eigenvalue weighted by atomic mass is 10.0. The lowest BCUT2D eigenvalue weighted by molar-refractivity contribution is 0.300. The van der Waals surface area contributed by atoms with Gasteiger partial charge in [-0.1, -0.05) is 24.3 Å². The zero-order valence-corrected chi connectivity index (χ0v) is 19.8. The summed E-state index contributed by atoms with van der Waals surface area (Å²) in [5.41, 5.74) is 3.15. The molecule has 0 spiro atoms. The molecule has 32 heavy (non-hydrogen) atoms. The molecule has 0 radical (unpaired) electrons. The molecule has 4 aromatic rings. The SMILES string of the molecule is CCOc1ccc(-c2c(C)sc3nc(C)n(CCCOc4cccc(C)c4)c(=O)c23)cc1. The molecule has 0 atom stereocenters. The molecule has 0 saturated carbocycles. The molecule has 2 aromatic carbocycles. The third-order valence-corrected chi connectivity index (χ3v) is 6.42. The van der Waals surface area contributed by atoms with Gasteiger partial charge in [-0.3, -0.25) is 9.36 Å². The summed E-state index contributed by atoms with van der Waals surface area (Å²) in [7, 11) is 0. The Balaban J connectivity index is 1.60. The second-order valence-corrected chi connectivity index (χ2v) is 9.01. The maximum Gasteiger partial charge on any atom is 0.262 e. The van der Waals surface area contributed by atoms with Crippen molar-refractivity contribution in [2.75, 3.05) is 13.2 Å². The summed E-state index contributed by atoms with van der Waals surface area (Å²) in [5, 5.41) is 0.696. The van der Waals surface area contributed by atoms with Gasteiger partial charge >= 0.3 is 0 Å². The highest BCUT2D eigenvalue weighted by atomic mass is 32.1.